The average molecular weight is 237 g/mol. The topological polar surface area (TPSA) is 55.4 Å². The Labute approximate surface area is 93.3 Å². The van der Waals surface area contributed by atoms with E-state index in [0.717, 1.165) is 6.42 Å². The molecule has 0 amide bonds. The summed E-state index contributed by atoms with van der Waals surface area (Å²) in [5, 5.41) is 3.35. The van der Waals surface area contributed by atoms with Crippen LogP contribution in [0.3, 0.4) is 0 Å². The van der Waals surface area contributed by atoms with Crippen molar-refractivity contribution < 1.29 is 13.2 Å². The van der Waals surface area contributed by atoms with Gasteiger partial charge in [0, 0.05) is 25.4 Å². The minimum absolute atomic E-state index is 0.208. The average Bonchev–Trinajstić information content (AvgIpc) is 2.13. The lowest BCUT2D eigenvalue weighted by atomic mass is 10.2. The van der Waals surface area contributed by atoms with E-state index >= 15 is 0 Å². The number of sulfone groups is 1. The number of hydrogen-bond donors (Lipinski definition) is 1. The Morgan fingerprint density at radius 3 is 2.40 bits per heavy atom. The molecule has 0 saturated heterocycles. The minimum Gasteiger partial charge on any atom is -0.383 e. The second-order valence-electron chi connectivity index (χ2n) is 4.05. The SMILES string of the molecule is CCC(COC)NC(C)CCS(C)(=O)=O. The first-order valence-corrected chi connectivity index (χ1v) is 7.37. The summed E-state index contributed by atoms with van der Waals surface area (Å²) in [4.78, 5) is 0. The van der Waals surface area contributed by atoms with Crippen molar-refractivity contribution >= 4 is 9.84 Å². The molecule has 2 unspecified atom stereocenters. The third-order valence-electron chi connectivity index (χ3n) is 2.30. The van der Waals surface area contributed by atoms with Gasteiger partial charge < -0.3 is 10.1 Å². The highest BCUT2D eigenvalue weighted by Gasteiger charge is 2.12. The number of hydrogen-bond acceptors (Lipinski definition) is 4. The van der Waals surface area contributed by atoms with Gasteiger partial charge in [-0.25, -0.2) is 8.42 Å². The molecule has 1 N–H and O–H groups in total. The van der Waals surface area contributed by atoms with Gasteiger partial charge in [-0.15, -0.1) is 0 Å². The van der Waals surface area contributed by atoms with Gasteiger partial charge in [0.2, 0.25) is 0 Å². The molecule has 0 aromatic carbocycles. The van der Waals surface area contributed by atoms with Crippen LogP contribution in [0.1, 0.15) is 26.7 Å². The maximum absolute atomic E-state index is 11.0. The lowest BCUT2D eigenvalue weighted by molar-refractivity contribution is 0.159. The van der Waals surface area contributed by atoms with E-state index in [9.17, 15) is 8.42 Å². The summed E-state index contributed by atoms with van der Waals surface area (Å²) in [5.41, 5.74) is 0. The molecule has 0 rings (SSSR count). The fourth-order valence-corrected chi connectivity index (χ4v) is 2.14. The third kappa shape index (κ3) is 8.84. The minimum atomic E-state index is -2.85. The first-order valence-electron chi connectivity index (χ1n) is 5.31. The first kappa shape index (κ1) is 14.9. The summed E-state index contributed by atoms with van der Waals surface area (Å²) < 4.78 is 27.0. The molecule has 0 radical (unpaired) electrons. The Morgan fingerprint density at radius 2 is 2.00 bits per heavy atom. The maximum Gasteiger partial charge on any atom is 0.147 e. The van der Waals surface area contributed by atoms with Gasteiger partial charge in [0.1, 0.15) is 9.84 Å². The Morgan fingerprint density at radius 1 is 1.40 bits per heavy atom. The van der Waals surface area contributed by atoms with Gasteiger partial charge in [-0.1, -0.05) is 6.92 Å². The molecule has 92 valence electrons. The van der Waals surface area contributed by atoms with Crippen molar-refractivity contribution in [2.24, 2.45) is 0 Å². The van der Waals surface area contributed by atoms with E-state index in [2.05, 4.69) is 12.2 Å². The van der Waals surface area contributed by atoms with Gasteiger partial charge in [0.05, 0.1) is 12.4 Å². The van der Waals surface area contributed by atoms with E-state index in [-0.39, 0.29) is 11.8 Å². The Hall–Kier alpha value is -0.130. The normalized spacial score (nSPS) is 16.3. The molecule has 2 atom stereocenters. The largest absolute Gasteiger partial charge is 0.383 e. The van der Waals surface area contributed by atoms with Crippen molar-refractivity contribution in [3.63, 3.8) is 0 Å². The van der Waals surface area contributed by atoms with Crippen molar-refractivity contribution in [3.05, 3.63) is 0 Å². The number of methoxy groups -OCH3 is 1. The summed E-state index contributed by atoms with van der Waals surface area (Å²) in [7, 11) is -1.17. The van der Waals surface area contributed by atoms with Gasteiger partial charge in [0.25, 0.3) is 0 Å². The van der Waals surface area contributed by atoms with E-state index in [1.54, 1.807) is 7.11 Å². The molecule has 0 saturated carbocycles. The van der Waals surface area contributed by atoms with Crippen LogP contribution in [-0.4, -0.2) is 46.2 Å². The highest BCUT2D eigenvalue weighted by atomic mass is 32.2. The van der Waals surface area contributed by atoms with Gasteiger partial charge >= 0.3 is 0 Å². The van der Waals surface area contributed by atoms with Gasteiger partial charge in [0.15, 0.2) is 0 Å². The molecule has 0 aliphatic heterocycles. The predicted octanol–water partition coefficient (Wildman–Crippen LogP) is 0.824. The third-order valence-corrected chi connectivity index (χ3v) is 3.28. The zero-order chi connectivity index (χ0) is 11.9. The van der Waals surface area contributed by atoms with Crippen molar-refractivity contribution in [2.75, 3.05) is 25.7 Å². The van der Waals surface area contributed by atoms with Crippen LogP contribution >= 0.6 is 0 Å². The van der Waals surface area contributed by atoms with Crippen LogP contribution in [0.5, 0.6) is 0 Å². The second-order valence-corrected chi connectivity index (χ2v) is 6.31. The fraction of sp³-hybridized carbons (Fsp3) is 1.00. The molecule has 0 fully saturated rings. The lowest BCUT2D eigenvalue weighted by Gasteiger charge is -2.21. The Bertz CT molecular complexity index is 251. The molecule has 0 bridgehead atoms. The summed E-state index contributed by atoms with van der Waals surface area (Å²) in [6.45, 7) is 4.75. The van der Waals surface area contributed by atoms with E-state index in [4.69, 9.17) is 4.74 Å². The zero-order valence-electron chi connectivity index (χ0n) is 10.1. The van der Waals surface area contributed by atoms with E-state index in [1.165, 1.54) is 6.26 Å². The smallest absolute Gasteiger partial charge is 0.147 e. The van der Waals surface area contributed by atoms with Crippen molar-refractivity contribution in [1.29, 1.82) is 0 Å². The second kappa shape index (κ2) is 7.19. The van der Waals surface area contributed by atoms with Crippen molar-refractivity contribution in [1.82, 2.24) is 5.32 Å². The lowest BCUT2D eigenvalue weighted by Crippen LogP contribution is -2.39. The van der Waals surface area contributed by atoms with Crippen LogP contribution in [0, 0.1) is 0 Å². The molecule has 5 heteroatoms. The highest BCUT2D eigenvalue weighted by molar-refractivity contribution is 7.90. The van der Waals surface area contributed by atoms with Crippen LogP contribution in [-0.2, 0) is 14.6 Å². The Kier molecular flexibility index (Phi) is 7.13. The fourth-order valence-electron chi connectivity index (χ4n) is 1.36. The molecular formula is C10H23NO3S. The highest BCUT2D eigenvalue weighted by Crippen LogP contribution is 2.00. The van der Waals surface area contributed by atoms with Crippen LogP contribution in [0.4, 0.5) is 0 Å². The molecule has 15 heavy (non-hydrogen) atoms. The zero-order valence-corrected chi connectivity index (χ0v) is 10.9. The number of nitrogens with one attached hydrogen (secondary N) is 1. The summed E-state index contributed by atoms with van der Waals surface area (Å²) >= 11 is 0. The Balaban J connectivity index is 3.85. The monoisotopic (exact) mass is 237 g/mol. The van der Waals surface area contributed by atoms with Gasteiger partial charge in [-0.05, 0) is 19.8 Å². The molecule has 0 spiro atoms. The number of ether oxygens (including phenoxy) is 1. The van der Waals surface area contributed by atoms with Crippen LogP contribution in [0.15, 0.2) is 0 Å². The van der Waals surface area contributed by atoms with E-state index in [1.807, 2.05) is 6.92 Å². The molecule has 0 aromatic heterocycles. The predicted molar refractivity (Wildman–Crippen MR) is 62.9 cm³/mol. The van der Waals surface area contributed by atoms with Crippen LogP contribution < -0.4 is 5.32 Å². The molecule has 0 aliphatic carbocycles. The quantitative estimate of drug-likeness (QED) is 0.679. The molecule has 0 heterocycles. The molecule has 0 aliphatic rings. The summed E-state index contributed by atoms with van der Waals surface area (Å²) in [6.07, 6.45) is 2.91. The van der Waals surface area contributed by atoms with Crippen molar-refractivity contribution in [2.45, 2.75) is 38.8 Å². The van der Waals surface area contributed by atoms with Crippen LogP contribution in [0.2, 0.25) is 0 Å². The van der Waals surface area contributed by atoms with E-state index in [0.29, 0.717) is 19.1 Å². The van der Waals surface area contributed by atoms with E-state index < -0.39 is 9.84 Å². The molecular weight excluding hydrogens is 214 g/mol. The first-order chi connectivity index (χ1) is 6.89. The van der Waals surface area contributed by atoms with Gasteiger partial charge in [-0.3, -0.25) is 0 Å². The standard InChI is InChI=1S/C10H23NO3S/c1-5-10(8-14-3)11-9(2)6-7-15(4,12)13/h9-11H,5-8H2,1-4H3. The van der Waals surface area contributed by atoms with Gasteiger partial charge in [-0.2, -0.15) is 0 Å². The molecule has 4 nitrogen and oxygen atoms in total. The summed E-state index contributed by atoms with van der Waals surface area (Å²) in [6, 6.07) is 0.518. The summed E-state index contributed by atoms with van der Waals surface area (Å²) in [5.74, 6) is 0.241. The molecule has 0 aromatic rings. The maximum atomic E-state index is 11.0. The number of rotatable bonds is 8. The van der Waals surface area contributed by atoms with Crippen molar-refractivity contribution in [3.8, 4) is 0 Å². The van der Waals surface area contributed by atoms with Crippen LogP contribution in [0.25, 0.3) is 0 Å².